The van der Waals surface area contributed by atoms with Crippen LogP contribution in [0.5, 0.6) is 0 Å². The third-order valence-electron chi connectivity index (χ3n) is 4.02. The summed E-state index contributed by atoms with van der Waals surface area (Å²) in [5.74, 6) is -0.118. The molecule has 6 nitrogen and oxygen atoms in total. The molecule has 0 bridgehead atoms. The van der Waals surface area contributed by atoms with Gasteiger partial charge in [-0.1, -0.05) is 12.1 Å². The third kappa shape index (κ3) is 2.46. The van der Waals surface area contributed by atoms with Crippen LogP contribution >= 0.6 is 0 Å². The summed E-state index contributed by atoms with van der Waals surface area (Å²) in [4.78, 5) is 20.4. The molecule has 2 N–H and O–H groups in total. The quantitative estimate of drug-likeness (QED) is 0.610. The number of imidazole rings is 1. The van der Waals surface area contributed by atoms with E-state index < -0.39 is 0 Å². The summed E-state index contributed by atoms with van der Waals surface area (Å²) in [5, 5.41) is 0. The Hall–Kier alpha value is -3.48. The highest BCUT2D eigenvalue weighted by Gasteiger charge is 2.17. The van der Waals surface area contributed by atoms with Gasteiger partial charge in [0.2, 0.25) is 5.56 Å². The van der Waals surface area contributed by atoms with E-state index in [1.54, 1.807) is 48.2 Å². The minimum Gasteiger partial charge on any atom is -0.381 e. The van der Waals surface area contributed by atoms with Crippen molar-refractivity contribution < 1.29 is 4.39 Å². The number of rotatable bonds is 2. The SMILES string of the molecule is Cn1cc(-c2c(-c3cccc(F)c3)nc(N)c3nccn23)ccc1=O. The van der Waals surface area contributed by atoms with Crippen LogP contribution in [0.25, 0.3) is 28.2 Å². The van der Waals surface area contributed by atoms with E-state index in [1.807, 2.05) is 0 Å². The average molecular weight is 335 g/mol. The van der Waals surface area contributed by atoms with Crippen LogP contribution < -0.4 is 11.3 Å². The number of halogens is 1. The monoisotopic (exact) mass is 335 g/mol. The third-order valence-corrected chi connectivity index (χ3v) is 4.02. The number of hydrogen-bond acceptors (Lipinski definition) is 4. The van der Waals surface area contributed by atoms with Crippen LogP contribution in [0.2, 0.25) is 0 Å². The van der Waals surface area contributed by atoms with Gasteiger partial charge in [0, 0.05) is 42.8 Å². The first kappa shape index (κ1) is 15.1. The molecule has 4 rings (SSSR count). The van der Waals surface area contributed by atoms with Crippen LogP contribution in [0.15, 0.2) is 59.8 Å². The summed E-state index contributed by atoms with van der Waals surface area (Å²) in [7, 11) is 1.67. The molecule has 0 amide bonds. The highest BCUT2D eigenvalue weighted by molar-refractivity contribution is 5.82. The summed E-state index contributed by atoms with van der Waals surface area (Å²) >= 11 is 0. The van der Waals surface area contributed by atoms with Gasteiger partial charge in [-0.05, 0) is 18.2 Å². The first-order chi connectivity index (χ1) is 12.0. The molecule has 1 aromatic carbocycles. The summed E-state index contributed by atoms with van der Waals surface area (Å²) < 4.78 is 17.0. The summed E-state index contributed by atoms with van der Waals surface area (Å²) in [5.41, 5.74) is 8.95. The Labute approximate surface area is 142 Å². The lowest BCUT2D eigenvalue weighted by Crippen LogP contribution is -2.14. The standard InChI is InChI=1S/C18H14FN5O/c1-23-10-12(5-6-14(23)25)16-15(11-3-2-4-13(19)9-11)22-17(20)18-21-7-8-24(16)18/h2-10H,1H3,(H2,20,22). The van der Waals surface area contributed by atoms with Crippen molar-refractivity contribution >= 4 is 11.5 Å². The van der Waals surface area contributed by atoms with E-state index >= 15 is 0 Å². The van der Waals surface area contributed by atoms with Crippen molar-refractivity contribution in [3.05, 3.63) is 71.2 Å². The Morgan fingerprint density at radius 3 is 2.76 bits per heavy atom. The van der Waals surface area contributed by atoms with Crippen molar-refractivity contribution in [2.75, 3.05) is 5.73 Å². The van der Waals surface area contributed by atoms with Gasteiger partial charge in [-0.25, -0.2) is 14.4 Å². The molecule has 0 aliphatic rings. The maximum absolute atomic E-state index is 13.7. The van der Waals surface area contributed by atoms with E-state index in [9.17, 15) is 9.18 Å². The van der Waals surface area contributed by atoms with Gasteiger partial charge in [-0.2, -0.15) is 0 Å². The summed E-state index contributed by atoms with van der Waals surface area (Å²) in [6.45, 7) is 0. The molecule has 7 heteroatoms. The first-order valence-corrected chi connectivity index (χ1v) is 7.60. The molecule has 0 atom stereocenters. The summed E-state index contributed by atoms with van der Waals surface area (Å²) in [6, 6.07) is 9.33. The van der Waals surface area contributed by atoms with Crippen molar-refractivity contribution in [2.24, 2.45) is 7.05 Å². The predicted molar refractivity (Wildman–Crippen MR) is 93.5 cm³/mol. The van der Waals surface area contributed by atoms with Gasteiger partial charge in [0.1, 0.15) is 5.82 Å². The van der Waals surface area contributed by atoms with Gasteiger partial charge in [-0.3, -0.25) is 9.20 Å². The average Bonchev–Trinajstić information content (AvgIpc) is 3.07. The molecule has 124 valence electrons. The number of anilines is 1. The zero-order valence-electron chi connectivity index (χ0n) is 13.3. The van der Waals surface area contributed by atoms with E-state index in [2.05, 4.69) is 9.97 Å². The number of nitrogens with zero attached hydrogens (tertiary/aromatic N) is 4. The Balaban J connectivity index is 2.11. The van der Waals surface area contributed by atoms with E-state index in [1.165, 1.54) is 22.8 Å². The van der Waals surface area contributed by atoms with Gasteiger partial charge < -0.3 is 10.3 Å². The van der Waals surface area contributed by atoms with Crippen molar-refractivity contribution in [1.29, 1.82) is 0 Å². The van der Waals surface area contributed by atoms with Crippen molar-refractivity contribution in [1.82, 2.24) is 18.9 Å². The Morgan fingerprint density at radius 2 is 2.00 bits per heavy atom. The molecule has 0 unspecified atom stereocenters. The topological polar surface area (TPSA) is 78.2 Å². The van der Waals surface area contributed by atoms with Crippen LogP contribution in [0, 0.1) is 5.82 Å². The number of nitrogen functional groups attached to an aromatic ring is 1. The van der Waals surface area contributed by atoms with E-state index in [-0.39, 0.29) is 17.2 Å². The number of aryl methyl sites for hydroxylation is 1. The van der Waals surface area contributed by atoms with Gasteiger partial charge in [-0.15, -0.1) is 0 Å². The second-order valence-electron chi connectivity index (χ2n) is 5.69. The molecule has 0 aliphatic heterocycles. The van der Waals surface area contributed by atoms with Crippen molar-refractivity contribution in [3.63, 3.8) is 0 Å². The van der Waals surface area contributed by atoms with Crippen LogP contribution in [-0.4, -0.2) is 18.9 Å². The van der Waals surface area contributed by atoms with E-state index in [0.29, 0.717) is 22.6 Å². The van der Waals surface area contributed by atoms with Gasteiger partial charge in [0.15, 0.2) is 11.5 Å². The normalized spacial score (nSPS) is 11.1. The molecule has 0 saturated carbocycles. The highest BCUT2D eigenvalue weighted by atomic mass is 19.1. The number of benzene rings is 1. The van der Waals surface area contributed by atoms with Crippen LogP contribution in [0.4, 0.5) is 10.2 Å². The van der Waals surface area contributed by atoms with E-state index in [0.717, 1.165) is 5.56 Å². The Morgan fingerprint density at radius 1 is 1.16 bits per heavy atom. The number of nitrogens with two attached hydrogens (primary N) is 1. The summed E-state index contributed by atoms with van der Waals surface area (Å²) in [6.07, 6.45) is 5.09. The van der Waals surface area contributed by atoms with Crippen molar-refractivity contribution in [3.8, 4) is 22.5 Å². The van der Waals surface area contributed by atoms with Gasteiger partial charge >= 0.3 is 0 Å². The molecule has 0 radical (unpaired) electrons. The minimum atomic E-state index is -0.366. The Bertz CT molecular complexity index is 1160. The van der Waals surface area contributed by atoms with Crippen molar-refractivity contribution in [2.45, 2.75) is 0 Å². The lowest BCUT2D eigenvalue weighted by Gasteiger charge is -2.14. The molecular formula is C18H14FN5O. The largest absolute Gasteiger partial charge is 0.381 e. The minimum absolute atomic E-state index is 0.124. The number of hydrogen-bond donors (Lipinski definition) is 1. The number of fused-ring (bicyclic) bond motifs is 1. The molecule has 0 spiro atoms. The number of aromatic nitrogens is 4. The van der Waals surface area contributed by atoms with Crippen LogP contribution in [-0.2, 0) is 7.05 Å². The van der Waals surface area contributed by atoms with Gasteiger partial charge in [0.25, 0.3) is 0 Å². The van der Waals surface area contributed by atoms with Crippen LogP contribution in [0.3, 0.4) is 0 Å². The second kappa shape index (κ2) is 5.55. The fourth-order valence-electron chi connectivity index (χ4n) is 2.86. The maximum atomic E-state index is 13.7. The Kier molecular flexibility index (Phi) is 3.35. The van der Waals surface area contributed by atoms with Gasteiger partial charge in [0.05, 0.1) is 11.4 Å². The molecule has 3 heterocycles. The fraction of sp³-hybridized carbons (Fsp3) is 0.0556. The fourth-order valence-corrected chi connectivity index (χ4v) is 2.86. The molecule has 3 aromatic heterocycles. The molecule has 25 heavy (non-hydrogen) atoms. The first-order valence-electron chi connectivity index (χ1n) is 7.60. The maximum Gasteiger partial charge on any atom is 0.250 e. The molecule has 0 aliphatic carbocycles. The highest BCUT2D eigenvalue weighted by Crippen LogP contribution is 2.32. The van der Waals surface area contributed by atoms with E-state index in [4.69, 9.17) is 5.73 Å². The smallest absolute Gasteiger partial charge is 0.250 e. The lowest BCUT2D eigenvalue weighted by atomic mass is 10.0. The molecule has 4 aromatic rings. The molecule has 0 fully saturated rings. The number of pyridine rings is 1. The zero-order chi connectivity index (χ0) is 17.6. The predicted octanol–water partition coefficient (Wildman–Crippen LogP) is 2.48. The second-order valence-corrected chi connectivity index (χ2v) is 5.69. The lowest BCUT2D eigenvalue weighted by molar-refractivity contribution is 0.628. The van der Waals surface area contributed by atoms with Crippen LogP contribution in [0.1, 0.15) is 0 Å². The zero-order valence-corrected chi connectivity index (χ0v) is 13.3. The molecule has 0 saturated heterocycles. The molecular weight excluding hydrogens is 321 g/mol.